The van der Waals surface area contributed by atoms with E-state index in [2.05, 4.69) is 36.7 Å². The van der Waals surface area contributed by atoms with Crippen molar-refractivity contribution in [3.63, 3.8) is 0 Å². The SMILES string of the molecule is COC(CNC(C)(C)c1cccs1)OC. The first-order chi connectivity index (χ1) is 7.10. The molecule has 1 rings (SSSR count). The molecule has 0 aliphatic carbocycles. The fraction of sp³-hybridized carbons (Fsp3) is 0.636. The number of ether oxygens (including phenoxy) is 2. The van der Waals surface area contributed by atoms with Crippen LogP contribution in [-0.4, -0.2) is 27.1 Å². The van der Waals surface area contributed by atoms with Crippen molar-refractivity contribution in [3.05, 3.63) is 22.4 Å². The van der Waals surface area contributed by atoms with E-state index < -0.39 is 0 Å². The Morgan fingerprint density at radius 2 is 2.07 bits per heavy atom. The molecule has 0 aliphatic rings. The lowest BCUT2D eigenvalue weighted by molar-refractivity contribution is -0.101. The van der Waals surface area contributed by atoms with Gasteiger partial charge in [-0.15, -0.1) is 11.3 Å². The van der Waals surface area contributed by atoms with Crippen LogP contribution in [0.1, 0.15) is 18.7 Å². The molecule has 1 aromatic heterocycles. The number of thiophene rings is 1. The predicted molar refractivity (Wildman–Crippen MR) is 63.2 cm³/mol. The van der Waals surface area contributed by atoms with Gasteiger partial charge in [-0.2, -0.15) is 0 Å². The molecule has 0 radical (unpaired) electrons. The van der Waals surface area contributed by atoms with Crippen LogP contribution in [0.5, 0.6) is 0 Å². The molecule has 0 bridgehead atoms. The molecule has 0 spiro atoms. The molecule has 0 unspecified atom stereocenters. The number of hydrogen-bond donors (Lipinski definition) is 1. The Bertz CT molecular complexity index is 268. The molecule has 0 atom stereocenters. The van der Waals surface area contributed by atoms with E-state index in [9.17, 15) is 0 Å². The zero-order chi connectivity index (χ0) is 11.3. The number of rotatable bonds is 6. The maximum Gasteiger partial charge on any atom is 0.169 e. The second kappa shape index (κ2) is 5.61. The summed E-state index contributed by atoms with van der Waals surface area (Å²) in [6.45, 7) is 4.99. The molecule has 1 heterocycles. The van der Waals surface area contributed by atoms with Crippen molar-refractivity contribution in [2.45, 2.75) is 25.7 Å². The average molecular weight is 229 g/mol. The lowest BCUT2D eigenvalue weighted by atomic mass is 10.0. The van der Waals surface area contributed by atoms with Crippen LogP contribution in [0.2, 0.25) is 0 Å². The van der Waals surface area contributed by atoms with Crippen molar-refractivity contribution in [2.24, 2.45) is 0 Å². The fourth-order valence-electron chi connectivity index (χ4n) is 1.32. The van der Waals surface area contributed by atoms with Crippen LogP contribution < -0.4 is 5.32 Å². The quantitative estimate of drug-likeness (QED) is 0.759. The van der Waals surface area contributed by atoms with E-state index in [1.54, 1.807) is 25.6 Å². The molecule has 0 saturated heterocycles. The Balaban J connectivity index is 2.50. The second-order valence-corrected chi connectivity index (χ2v) is 4.83. The Morgan fingerprint density at radius 1 is 1.40 bits per heavy atom. The second-order valence-electron chi connectivity index (χ2n) is 3.88. The Morgan fingerprint density at radius 3 is 2.53 bits per heavy atom. The predicted octanol–water partition coefficient (Wildman–Crippen LogP) is 2.19. The third kappa shape index (κ3) is 3.57. The first-order valence-corrected chi connectivity index (χ1v) is 5.82. The first-order valence-electron chi connectivity index (χ1n) is 4.94. The zero-order valence-electron chi connectivity index (χ0n) is 9.74. The van der Waals surface area contributed by atoms with Gasteiger partial charge in [-0.05, 0) is 25.3 Å². The number of methoxy groups -OCH3 is 2. The van der Waals surface area contributed by atoms with Gasteiger partial charge in [0.05, 0.1) is 0 Å². The third-order valence-electron chi connectivity index (χ3n) is 2.37. The van der Waals surface area contributed by atoms with Crippen LogP contribution in [0.3, 0.4) is 0 Å². The van der Waals surface area contributed by atoms with Gasteiger partial charge in [0.2, 0.25) is 0 Å². The molecule has 0 saturated carbocycles. The van der Waals surface area contributed by atoms with Crippen LogP contribution in [0.15, 0.2) is 17.5 Å². The Kier molecular flexibility index (Phi) is 4.73. The molecule has 0 aromatic carbocycles. The Labute approximate surface area is 95.4 Å². The zero-order valence-corrected chi connectivity index (χ0v) is 10.6. The minimum absolute atomic E-state index is 0.0382. The van der Waals surface area contributed by atoms with Gasteiger partial charge in [0.25, 0.3) is 0 Å². The molecular formula is C11H19NO2S. The van der Waals surface area contributed by atoms with E-state index in [4.69, 9.17) is 9.47 Å². The van der Waals surface area contributed by atoms with Crippen molar-refractivity contribution in [1.82, 2.24) is 5.32 Å². The van der Waals surface area contributed by atoms with E-state index in [0.29, 0.717) is 6.54 Å². The molecule has 1 N–H and O–H groups in total. The van der Waals surface area contributed by atoms with E-state index in [0.717, 1.165) is 0 Å². The summed E-state index contributed by atoms with van der Waals surface area (Å²) >= 11 is 1.75. The average Bonchev–Trinajstić information content (AvgIpc) is 2.72. The van der Waals surface area contributed by atoms with Gasteiger partial charge in [0.15, 0.2) is 6.29 Å². The fourth-order valence-corrected chi connectivity index (χ4v) is 2.15. The molecule has 0 fully saturated rings. The van der Waals surface area contributed by atoms with Crippen LogP contribution in [-0.2, 0) is 15.0 Å². The number of nitrogens with one attached hydrogen (secondary N) is 1. The van der Waals surface area contributed by atoms with Gasteiger partial charge in [-0.1, -0.05) is 6.07 Å². The molecule has 15 heavy (non-hydrogen) atoms. The molecule has 3 nitrogen and oxygen atoms in total. The van der Waals surface area contributed by atoms with Crippen molar-refractivity contribution in [3.8, 4) is 0 Å². The smallest absolute Gasteiger partial charge is 0.169 e. The summed E-state index contributed by atoms with van der Waals surface area (Å²) in [4.78, 5) is 1.31. The maximum atomic E-state index is 5.13. The van der Waals surface area contributed by atoms with E-state index >= 15 is 0 Å². The topological polar surface area (TPSA) is 30.5 Å². The van der Waals surface area contributed by atoms with Gasteiger partial charge in [0.1, 0.15) is 0 Å². The van der Waals surface area contributed by atoms with Crippen LogP contribution in [0, 0.1) is 0 Å². The van der Waals surface area contributed by atoms with Gasteiger partial charge < -0.3 is 14.8 Å². The van der Waals surface area contributed by atoms with Gasteiger partial charge in [-0.25, -0.2) is 0 Å². The lowest BCUT2D eigenvalue weighted by Gasteiger charge is -2.27. The van der Waals surface area contributed by atoms with E-state index in [-0.39, 0.29) is 11.8 Å². The molecule has 86 valence electrons. The highest BCUT2D eigenvalue weighted by atomic mass is 32.1. The summed E-state index contributed by atoms with van der Waals surface area (Å²) in [5.41, 5.74) is -0.0382. The van der Waals surface area contributed by atoms with Gasteiger partial charge >= 0.3 is 0 Å². The standard InChI is InChI=1S/C11H19NO2S/c1-11(2,9-6-5-7-15-9)12-8-10(13-3)14-4/h5-7,10,12H,8H2,1-4H3. The minimum atomic E-state index is -0.191. The highest BCUT2D eigenvalue weighted by Gasteiger charge is 2.22. The summed E-state index contributed by atoms with van der Waals surface area (Å²) < 4.78 is 10.3. The highest BCUT2D eigenvalue weighted by Crippen LogP contribution is 2.24. The van der Waals surface area contributed by atoms with Crippen molar-refractivity contribution in [1.29, 1.82) is 0 Å². The minimum Gasteiger partial charge on any atom is -0.355 e. The summed E-state index contributed by atoms with van der Waals surface area (Å²) in [7, 11) is 3.29. The van der Waals surface area contributed by atoms with Gasteiger partial charge in [0, 0.05) is 31.2 Å². The van der Waals surface area contributed by atoms with E-state index in [1.165, 1.54) is 4.88 Å². The molecule has 4 heteroatoms. The van der Waals surface area contributed by atoms with Crippen molar-refractivity contribution in [2.75, 3.05) is 20.8 Å². The van der Waals surface area contributed by atoms with Crippen molar-refractivity contribution < 1.29 is 9.47 Å². The lowest BCUT2D eigenvalue weighted by Crippen LogP contribution is -2.41. The van der Waals surface area contributed by atoms with Crippen molar-refractivity contribution >= 4 is 11.3 Å². The highest BCUT2D eigenvalue weighted by molar-refractivity contribution is 7.10. The van der Waals surface area contributed by atoms with Crippen LogP contribution in [0.25, 0.3) is 0 Å². The molecule has 0 aliphatic heterocycles. The molecular weight excluding hydrogens is 210 g/mol. The maximum absolute atomic E-state index is 5.13. The summed E-state index contributed by atoms with van der Waals surface area (Å²) in [6, 6.07) is 4.19. The van der Waals surface area contributed by atoms with Gasteiger partial charge in [-0.3, -0.25) is 0 Å². The number of hydrogen-bond acceptors (Lipinski definition) is 4. The summed E-state index contributed by atoms with van der Waals surface area (Å²) in [5.74, 6) is 0. The van der Waals surface area contributed by atoms with E-state index in [1.807, 2.05) is 0 Å². The summed E-state index contributed by atoms with van der Waals surface area (Å²) in [5, 5.41) is 5.51. The normalized spacial score (nSPS) is 12.3. The summed E-state index contributed by atoms with van der Waals surface area (Å²) in [6.07, 6.45) is -0.191. The van der Waals surface area contributed by atoms with Crippen LogP contribution in [0.4, 0.5) is 0 Å². The Hall–Kier alpha value is -0.420. The third-order valence-corrected chi connectivity index (χ3v) is 3.57. The molecule has 1 aromatic rings. The monoisotopic (exact) mass is 229 g/mol. The largest absolute Gasteiger partial charge is 0.355 e. The molecule has 0 amide bonds. The van der Waals surface area contributed by atoms with Crippen LogP contribution >= 0.6 is 11.3 Å². The first kappa shape index (κ1) is 12.6.